The van der Waals surface area contributed by atoms with Crippen molar-refractivity contribution < 1.29 is 14.6 Å². The van der Waals surface area contributed by atoms with E-state index in [4.69, 9.17) is 21.3 Å². The summed E-state index contributed by atoms with van der Waals surface area (Å²) in [6.45, 7) is 0.331. The number of carboxylic acid groups (broad SMARTS) is 1. The van der Waals surface area contributed by atoms with Gasteiger partial charge >= 0.3 is 5.97 Å². The van der Waals surface area contributed by atoms with E-state index in [1.807, 2.05) is 30.3 Å². The third kappa shape index (κ3) is 4.14. The van der Waals surface area contributed by atoms with Gasteiger partial charge in [0.2, 0.25) is 0 Å². The second-order valence-corrected chi connectivity index (χ2v) is 4.72. The predicted octanol–water partition coefficient (Wildman–Crippen LogP) is 2.76. The van der Waals surface area contributed by atoms with Crippen molar-refractivity contribution in [3.63, 3.8) is 0 Å². The Balaban J connectivity index is 2.17. The van der Waals surface area contributed by atoms with Gasteiger partial charge in [-0.25, -0.2) is 0 Å². The Morgan fingerprint density at radius 1 is 1.05 bits per heavy atom. The lowest BCUT2D eigenvalue weighted by Gasteiger charge is -2.12. The number of carbonyl (C=O) groups is 1. The lowest BCUT2D eigenvalue weighted by molar-refractivity contribution is -0.137. The van der Waals surface area contributed by atoms with E-state index >= 15 is 0 Å². The van der Waals surface area contributed by atoms with Crippen molar-refractivity contribution in [2.75, 3.05) is 18.1 Å². The molecule has 5 heteroatoms. The molecule has 0 fully saturated rings. The van der Waals surface area contributed by atoms with E-state index in [1.54, 1.807) is 12.1 Å². The van der Waals surface area contributed by atoms with Crippen molar-refractivity contribution in [2.24, 2.45) is 0 Å². The number of ether oxygens (including phenoxy) is 1. The van der Waals surface area contributed by atoms with Gasteiger partial charge in [0.15, 0.2) is 0 Å². The van der Waals surface area contributed by atoms with Gasteiger partial charge in [0, 0.05) is 29.4 Å². The molecule has 2 aromatic carbocycles. The predicted molar refractivity (Wildman–Crippen MR) is 83.1 cm³/mol. The minimum Gasteiger partial charge on any atom is -0.493 e. The molecule has 0 aromatic heterocycles. The Kier molecular flexibility index (Phi) is 4.66. The van der Waals surface area contributed by atoms with Gasteiger partial charge in [0.1, 0.15) is 5.75 Å². The van der Waals surface area contributed by atoms with Crippen LogP contribution < -0.4 is 16.2 Å². The van der Waals surface area contributed by atoms with Crippen LogP contribution in [-0.4, -0.2) is 17.7 Å². The van der Waals surface area contributed by atoms with Crippen LogP contribution in [0.4, 0.5) is 11.4 Å². The van der Waals surface area contributed by atoms with Gasteiger partial charge < -0.3 is 21.3 Å². The summed E-state index contributed by atoms with van der Waals surface area (Å²) in [5.74, 6) is -0.185. The van der Waals surface area contributed by atoms with Crippen molar-refractivity contribution in [3.05, 3.63) is 42.5 Å². The molecule has 0 unspecified atom stereocenters. The minimum absolute atomic E-state index is 0.0829. The van der Waals surface area contributed by atoms with E-state index in [1.165, 1.54) is 0 Å². The Hall–Kier alpha value is -2.69. The van der Waals surface area contributed by atoms with Crippen LogP contribution in [0.1, 0.15) is 12.8 Å². The van der Waals surface area contributed by atoms with Crippen LogP contribution in [0.25, 0.3) is 11.1 Å². The van der Waals surface area contributed by atoms with E-state index in [2.05, 4.69) is 0 Å². The molecule has 2 rings (SSSR count). The highest BCUT2D eigenvalue weighted by Crippen LogP contribution is 2.32. The molecule has 0 radical (unpaired) electrons. The van der Waals surface area contributed by atoms with Crippen LogP contribution in [-0.2, 0) is 4.79 Å². The molecule has 0 atom stereocenters. The molecule has 0 saturated heterocycles. The SMILES string of the molecule is Nc1ccc(-c2ccc(N)cc2OCCCC(=O)O)cc1. The average molecular weight is 286 g/mol. The molecule has 5 nitrogen and oxygen atoms in total. The van der Waals surface area contributed by atoms with Gasteiger partial charge in [-0.2, -0.15) is 0 Å². The molecule has 0 amide bonds. The zero-order valence-corrected chi connectivity index (χ0v) is 11.6. The molecule has 0 saturated carbocycles. The van der Waals surface area contributed by atoms with E-state index in [0.717, 1.165) is 11.1 Å². The smallest absolute Gasteiger partial charge is 0.303 e. The molecule has 0 aliphatic heterocycles. The summed E-state index contributed by atoms with van der Waals surface area (Å²) in [5, 5.41) is 8.63. The fourth-order valence-corrected chi connectivity index (χ4v) is 1.97. The number of benzene rings is 2. The van der Waals surface area contributed by atoms with Crippen LogP contribution in [0.2, 0.25) is 0 Å². The van der Waals surface area contributed by atoms with Crippen molar-refractivity contribution in [2.45, 2.75) is 12.8 Å². The zero-order valence-electron chi connectivity index (χ0n) is 11.6. The van der Waals surface area contributed by atoms with E-state index in [0.29, 0.717) is 30.2 Å². The third-order valence-electron chi connectivity index (χ3n) is 3.02. The van der Waals surface area contributed by atoms with Gasteiger partial charge in [-0.1, -0.05) is 12.1 Å². The summed E-state index contributed by atoms with van der Waals surface area (Å²) in [7, 11) is 0. The number of hydrogen-bond donors (Lipinski definition) is 3. The molecule has 0 heterocycles. The first-order valence-corrected chi connectivity index (χ1v) is 6.66. The van der Waals surface area contributed by atoms with Crippen LogP contribution in [0.15, 0.2) is 42.5 Å². The van der Waals surface area contributed by atoms with Gasteiger partial charge in [-0.15, -0.1) is 0 Å². The highest BCUT2D eigenvalue weighted by atomic mass is 16.5. The summed E-state index contributed by atoms with van der Waals surface area (Å²) >= 11 is 0. The molecule has 0 bridgehead atoms. The van der Waals surface area contributed by atoms with Gasteiger partial charge in [-0.3, -0.25) is 4.79 Å². The zero-order chi connectivity index (χ0) is 15.2. The standard InChI is InChI=1S/C16H18N2O3/c17-12-5-3-11(4-6-12)14-8-7-13(18)10-15(14)21-9-1-2-16(19)20/h3-8,10H,1-2,9,17-18H2,(H,19,20). The third-order valence-corrected chi connectivity index (χ3v) is 3.02. The highest BCUT2D eigenvalue weighted by molar-refractivity contribution is 5.74. The maximum atomic E-state index is 10.5. The monoisotopic (exact) mass is 286 g/mol. The van der Waals surface area contributed by atoms with Crippen molar-refractivity contribution in [1.82, 2.24) is 0 Å². The van der Waals surface area contributed by atoms with Crippen molar-refractivity contribution in [1.29, 1.82) is 0 Å². The lowest BCUT2D eigenvalue weighted by Crippen LogP contribution is -2.03. The second-order valence-electron chi connectivity index (χ2n) is 4.72. The second kappa shape index (κ2) is 6.65. The molecular weight excluding hydrogens is 268 g/mol. The topological polar surface area (TPSA) is 98.6 Å². The van der Waals surface area contributed by atoms with Gasteiger partial charge in [-0.05, 0) is 36.2 Å². The van der Waals surface area contributed by atoms with Crippen molar-refractivity contribution >= 4 is 17.3 Å². The summed E-state index contributed by atoms with van der Waals surface area (Å²) in [5.41, 5.74) is 14.6. The Bertz CT molecular complexity index is 624. The summed E-state index contributed by atoms with van der Waals surface area (Å²) in [6.07, 6.45) is 0.533. The largest absolute Gasteiger partial charge is 0.493 e. The number of nitrogens with two attached hydrogens (primary N) is 2. The molecule has 0 spiro atoms. The fourth-order valence-electron chi connectivity index (χ4n) is 1.97. The molecule has 2 aromatic rings. The molecular formula is C16H18N2O3. The number of hydrogen-bond acceptors (Lipinski definition) is 4. The number of aliphatic carboxylic acids is 1. The van der Waals surface area contributed by atoms with E-state index in [9.17, 15) is 4.79 Å². The first-order chi connectivity index (χ1) is 10.1. The molecule has 21 heavy (non-hydrogen) atoms. The Labute approximate surface area is 123 Å². The summed E-state index contributed by atoms with van der Waals surface area (Å²) < 4.78 is 5.68. The maximum Gasteiger partial charge on any atom is 0.303 e. The van der Waals surface area contributed by atoms with E-state index in [-0.39, 0.29) is 6.42 Å². The molecule has 5 N–H and O–H groups in total. The summed E-state index contributed by atoms with van der Waals surface area (Å²) in [6, 6.07) is 12.9. The number of anilines is 2. The number of rotatable bonds is 6. The maximum absolute atomic E-state index is 10.5. The van der Waals surface area contributed by atoms with E-state index < -0.39 is 5.97 Å². The van der Waals surface area contributed by atoms with Crippen LogP contribution in [0.3, 0.4) is 0 Å². The quantitative estimate of drug-likeness (QED) is 0.560. The lowest BCUT2D eigenvalue weighted by atomic mass is 10.0. The van der Waals surface area contributed by atoms with Crippen LogP contribution in [0, 0.1) is 0 Å². The normalized spacial score (nSPS) is 10.3. The van der Waals surface area contributed by atoms with Crippen LogP contribution in [0.5, 0.6) is 5.75 Å². The number of carboxylic acids is 1. The molecule has 0 aliphatic carbocycles. The van der Waals surface area contributed by atoms with Crippen LogP contribution >= 0.6 is 0 Å². The first-order valence-electron chi connectivity index (χ1n) is 6.66. The molecule has 0 aliphatic rings. The van der Waals surface area contributed by atoms with Crippen molar-refractivity contribution in [3.8, 4) is 16.9 Å². The minimum atomic E-state index is -0.829. The number of nitrogen functional groups attached to an aromatic ring is 2. The summed E-state index contributed by atoms with van der Waals surface area (Å²) in [4.78, 5) is 10.5. The average Bonchev–Trinajstić information content (AvgIpc) is 2.45. The Morgan fingerprint density at radius 2 is 1.71 bits per heavy atom. The van der Waals surface area contributed by atoms with Gasteiger partial charge in [0.25, 0.3) is 0 Å². The highest BCUT2D eigenvalue weighted by Gasteiger charge is 2.07. The van der Waals surface area contributed by atoms with Gasteiger partial charge in [0.05, 0.1) is 6.61 Å². The fraction of sp³-hybridized carbons (Fsp3) is 0.188. The first kappa shape index (κ1) is 14.7. The molecule has 110 valence electrons. The Morgan fingerprint density at radius 3 is 2.38 bits per heavy atom.